The van der Waals surface area contributed by atoms with Crippen LogP contribution in [0.3, 0.4) is 0 Å². The van der Waals surface area contributed by atoms with Gasteiger partial charge in [0, 0.05) is 17.1 Å². The number of halogens is 2. The maximum absolute atomic E-state index is 6.05. The molecular formula is C13H13Cl2NO2. The third-order valence-electron chi connectivity index (χ3n) is 2.45. The normalized spacial score (nSPS) is 14.2. The van der Waals surface area contributed by atoms with Gasteiger partial charge in [0.1, 0.15) is 11.5 Å². The Morgan fingerprint density at radius 3 is 2.67 bits per heavy atom. The summed E-state index contributed by atoms with van der Waals surface area (Å²) in [6, 6.07) is 8.39. The van der Waals surface area contributed by atoms with Crippen molar-refractivity contribution in [1.82, 2.24) is 0 Å². The van der Waals surface area contributed by atoms with Crippen molar-refractivity contribution in [1.29, 1.82) is 0 Å². The van der Waals surface area contributed by atoms with E-state index in [0.717, 1.165) is 0 Å². The Morgan fingerprint density at radius 1 is 1.28 bits per heavy atom. The van der Waals surface area contributed by atoms with Crippen molar-refractivity contribution in [2.75, 3.05) is 0 Å². The molecule has 5 heteroatoms. The highest BCUT2D eigenvalue weighted by Crippen LogP contribution is 2.32. The Morgan fingerprint density at radius 2 is 2.06 bits per heavy atom. The van der Waals surface area contributed by atoms with Gasteiger partial charge in [0.2, 0.25) is 0 Å². The minimum Gasteiger partial charge on any atom is -0.479 e. The second kappa shape index (κ2) is 5.65. The van der Waals surface area contributed by atoms with Gasteiger partial charge in [0.25, 0.3) is 0 Å². The number of hydrogen-bond donors (Lipinski definition) is 1. The van der Waals surface area contributed by atoms with Crippen LogP contribution in [0.15, 0.2) is 41.0 Å². The molecule has 2 atom stereocenters. The molecule has 18 heavy (non-hydrogen) atoms. The zero-order chi connectivity index (χ0) is 13.1. The predicted octanol–water partition coefficient (Wildman–Crippen LogP) is 4.05. The van der Waals surface area contributed by atoms with Crippen LogP contribution in [-0.4, -0.2) is 6.04 Å². The van der Waals surface area contributed by atoms with Crippen LogP contribution in [-0.2, 0) is 0 Å². The van der Waals surface area contributed by atoms with Crippen LogP contribution in [0.25, 0.3) is 0 Å². The molecule has 0 bridgehead atoms. The zero-order valence-corrected chi connectivity index (χ0v) is 11.3. The summed E-state index contributed by atoms with van der Waals surface area (Å²) >= 11 is 12.0. The highest BCUT2D eigenvalue weighted by atomic mass is 35.5. The summed E-state index contributed by atoms with van der Waals surface area (Å²) in [5.74, 6) is 1.14. The van der Waals surface area contributed by atoms with Crippen LogP contribution in [0.4, 0.5) is 0 Å². The molecule has 96 valence electrons. The number of furan rings is 1. The topological polar surface area (TPSA) is 48.4 Å². The maximum Gasteiger partial charge on any atom is 0.171 e. The molecule has 3 nitrogen and oxygen atoms in total. The summed E-state index contributed by atoms with van der Waals surface area (Å²) in [6.07, 6.45) is 1.17. The second-order valence-electron chi connectivity index (χ2n) is 3.99. The number of hydrogen-bond acceptors (Lipinski definition) is 3. The smallest absolute Gasteiger partial charge is 0.171 e. The molecule has 1 aromatic heterocycles. The molecule has 0 saturated heterocycles. The SMILES string of the molecule is CC(N)C(Oc1cc(Cl)ccc1Cl)c1ccco1. The highest BCUT2D eigenvalue weighted by Gasteiger charge is 2.22. The lowest BCUT2D eigenvalue weighted by atomic mass is 10.1. The lowest BCUT2D eigenvalue weighted by Crippen LogP contribution is -2.28. The van der Waals surface area contributed by atoms with Crippen LogP contribution < -0.4 is 10.5 Å². The molecule has 2 unspecified atom stereocenters. The molecule has 0 fully saturated rings. The van der Waals surface area contributed by atoms with E-state index in [4.69, 9.17) is 38.1 Å². The van der Waals surface area contributed by atoms with Gasteiger partial charge in [-0.2, -0.15) is 0 Å². The van der Waals surface area contributed by atoms with Crippen molar-refractivity contribution >= 4 is 23.2 Å². The highest BCUT2D eigenvalue weighted by molar-refractivity contribution is 6.34. The van der Waals surface area contributed by atoms with Crippen molar-refractivity contribution in [3.8, 4) is 5.75 Å². The van der Waals surface area contributed by atoms with Crippen molar-refractivity contribution in [3.63, 3.8) is 0 Å². The fraction of sp³-hybridized carbons (Fsp3) is 0.231. The van der Waals surface area contributed by atoms with E-state index in [1.807, 2.05) is 13.0 Å². The van der Waals surface area contributed by atoms with Crippen molar-refractivity contribution < 1.29 is 9.15 Å². The van der Waals surface area contributed by atoms with Crippen LogP contribution in [0.2, 0.25) is 10.0 Å². The molecular weight excluding hydrogens is 273 g/mol. The van der Waals surface area contributed by atoms with Gasteiger partial charge in [-0.05, 0) is 31.2 Å². The van der Waals surface area contributed by atoms with Crippen molar-refractivity contribution in [2.24, 2.45) is 5.73 Å². The second-order valence-corrected chi connectivity index (χ2v) is 4.83. The third-order valence-corrected chi connectivity index (χ3v) is 3.00. The summed E-state index contributed by atoms with van der Waals surface area (Å²) in [5, 5.41) is 1.04. The minimum absolute atomic E-state index is 0.244. The minimum atomic E-state index is -0.407. The fourth-order valence-electron chi connectivity index (χ4n) is 1.58. The van der Waals surface area contributed by atoms with E-state index < -0.39 is 6.10 Å². The van der Waals surface area contributed by atoms with Gasteiger partial charge in [0.05, 0.1) is 11.3 Å². The molecule has 1 heterocycles. The van der Waals surface area contributed by atoms with Crippen LogP contribution >= 0.6 is 23.2 Å². The number of nitrogens with two attached hydrogens (primary N) is 1. The largest absolute Gasteiger partial charge is 0.479 e. The van der Waals surface area contributed by atoms with E-state index in [-0.39, 0.29) is 6.04 Å². The lowest BCUT2D eigenvalue weighted by molar-refractivity contribution is 0.153. The van der Waals surface area contributed by atoms with Crippen LogP contribution in [0.5, 0.6) is 5.75 Å². The van der Waals surface area contributed by atoms with E-state index in [9.17, 15) is 0 Å². The average molecular weight is 286 g/mol. The van der Waals surface area contributed by atoms with E-state index in [1.54, 1.807) is 30.5 Å². The monoisotopic (exact) mass is 285 g/mol. The summed E-state index contributed by atoms with van der Waals surface area (Å²) < 4.78 is 11.1. The van der Waals surface area contributed by atoms with Gasteiger partial charge < -0.3 is 14.9 Å². The van der Waals surface area contributed by atoms with Gasteiger partial charge in [-0.15, -0.1) is 0 Å². The summed E-state index contributed by atoms with van der Waals surface area (Å²) in [7, 11) is 0. The van der Waals surface area contributed by atoms with E-state index in [2.05, 4.69) is 0 Å². The quantitative estimate of drug-likeness (QED) is 0.922. The van der Waals surface area contributed by atoms with Crippen LogP contribution in [0, 0.1) is 0 Å². The van der Waals surface area contributed by atoms with E-state index in [0.29, 0.717) is 21.6 Å². The number of ether oxygens (including phenoxy) is 1. The Kier molecular flexibility index (Phi) is 4.17. The zero-order valence-electron chi connectivity index (χ0n) is 9.77. The molecule has 0 spiro atoms. The van der Waals surface area contributed by atoms with Gasteiger partial charge in [-0.1, -0.05) is 23.2 Å². The Balaban J connectivity index is 2.27. The first kappa shape index (κ1) is 13.3. The van der Waals surface area contributed by atoms with E-state index in [1.165, 1.54) is 0 Å². The Labute approximate surface area is 115 Å². The fourth-order valence-corrected chi connectivity index (χ4v) is 1.91. The van der Waals surface area contributed by atoms with Gasteiger partial charge in [-0.25, -0.2) is 0 Å². The molecule has 2 N–H and O–H groups in total. The Bertz CT molecular complexity index is 512. The molecule has 0 aliphatic rings. The molecule has 0 aliphatic heterocycles. The van der Waals surface area contributed by atoms with Gasteiger partial charge in [-0.3, -0.25) is 0 Å². The third kappa shape index (κ3) is 2.99. The number of rotatable bonds is 4. The number of benzene rings is 1. The van der Waals surface area contributed by atoms with Crippen molar-refractivity contribution in [2.45, 2.75) is 19.1 Å². The summed E-state index contributed by atoms with van der Waals surface area (Å²) in [6.45, 7) is 1.84. The molecule has 0 aliphatic carbocycles. The van der Waals surface area contributed by atoms with Crippen LogP contribution in [0.1, 0.15) is 18.8 Å². The predicted molar refractivity (Wildman–Crippen MR) is 72.2 cm³/mol. The van der Waals surface area contributed by atoms with E-state index >= 15 is 0 Å². The average Bonchev–Trinajstić information content (AvgIpc) is 2.83. The molecule has 0 radical (unpaired) electrons. The molecule has 1 aromatic carbocycles. The van der Waals surface area contributed by atoms with Gasteiger partial charge in [0.15, 0.2) is 6.10 Å². The lowest BCUT2D eigenvalue weighted by Gasteiger charge is -2.21. The van der Waals surface area contributed by atoms with Gasteiger partial charge >= 0.3 is 0 Å². The van der Waals surface area contributed by atoms with Crippen molar-refractivity contribution in [3.05, 3.63) is 52.4 Å². The first-order valence-corrected chi connectivity index (χ1v) is 6.24. The Hall–Kier alpha value is -1.16. The summed E-state index contributed by atoms with van der Waals surface area (Å²) in [4.78, 5) is 0. The maximum atomic E-state index is 6.05. The molecule has 2 aromatic rings. The standard InChI is InChI=1S/C13H13Cl2NO2/c1-8(16)13(11-3-2-6-17-11)18-12-7-9(14)4-5-10(12)15/h2-8,13H,16H2,1H3. The molecule has 2 rings (SSSR count). The first-order chi connectivity index (χ1) is 8.58. The molecule has 0 amide bonds. The molecule has 0 saturated carbocycles. The first-order valence-electron chi connectivity index (χ1n) is 5.48. The summed E-state index contributed by atoms with van der Waals surface area (Å²) in [5.41, 5.74) is 5.90.